The van der Waals surface area contributed by atoms with Gasteiger partial charge in [0, 0.05) is 79.2 Å². The van der Waals surface area contributed by atoms with Gasteiger partial charge in [-0.2, -0.15) is 13.2 Å². The first-order valence-electron chi connectivity index (χ1n) is 18.5. The third-order valence-corrected chi connectivity index (χ3v) is 11.0. The molecule has 0 spiro atoms. The van der Waals surface area contributed by atoms with Gasteiger partial charge in [-0.1, -0.05) is 48.5 Å². The number of aromatic nitrogens is 2. The minimum Gasteiger partial charge on any atom is -0.462 e. The summed E-state index contributed by atoms with van der Waals surface area (Å²) in [5.74, 6) is -0.570. The van der Waals surface area contributed by atoms with Gasteiger partial charge in [0.25, 0.3) is 0 Å². The Morgan fingerprint density at radius 2 is 1.72 bits per heavy atom. The van der Waals surface area contributed by atoms with Gasteiger partial charge in [-0.25, -0.2) is 9.59 Å². The number of nitrogens with one attached hydrogen (secondary N) is 1. The maximum absolute atomic E-state index is 12.7. The fourth-order valence-corrected chi connectivity index (χ4v) is 8.40. The van der Waals surface area contributed by atoms with E-state index in [9.17, 15) is 22.8 Å². The number of benzene rings is 3. The molecule has 0 saturated carbocycles. The molecule has 3 heterocycles. The Morgan fingerprint density at radius 1 is 0.982 bits per heavy atom. The average Bonchev–Trinajstić information content (AvgIpc) is 3.51. The number of esters is 2. The molecule has 9 nitrogen and oxygen atoms in total. The van der Waals surface area contributed by atoms with E-state index < -0.39 is 23.3 Å². The van der Waals surface area contributed by atoms with E-state index in [1.807, 2.05) is 20.1 Å². The van der Waals surface area contributed by atoms with Crippen LogP contribution in [0.2, 0.25) is 0 Å². The Balaban J connectivity index is 0.000000219. The van der Waals surface area contributed by atoms with Crippen LogP contribution in [-0.2, 0) is 45.9 Å². The number of carbonyl (C=O) groups excluding carboxylic acids is 2. The second-order valence-electron chi connectivity index (χ2n) is 14.5. The molecule has 0 bridgehead atoms. The quantitative estimate of drug-likeness (QED) is 0.105. The van der Waals surface area contributed by atoms with Crippen LogP contribution in [-0.4, -0.2) is 78.9 Å². The van der Waals surface area contributed by atoms with Crippen molar-refractivity contribution in [1.82, 2.24) is 19.8 Å². The lowest BCUT2D eigenvalue weighted by Gasteiger charge is -2.53. The van der Waals surface area contributed by atoms with E-state index in [1.54, 1.807) is 42.6 Å². The molecular formula is C43H47BrClF3N4O5. The Labute approximate surface area is 345 Å². The lowest BCUT2D eigenvalue weighted by atomic mass is 9.69. The van der Waals surface area contributed by atoms with E-state index in [4.69, 9.17) is 14.2 Å². The molecule has 4 unspecified atom stereocenters. The first-order chi connectivity index (χ1) is 26.8. The van der Waals surface area contributed by atoms with Crippen LogP contribution in [0.25, 0.3) is 10.9 Å². The predicted octanol–water partition coefficient (Wildman–Crippen LogP) is 8.42. The number of ether oxygens (including phenoxy) is 3. The first kappa shape index (κ1) is 43.8. The molecule has 0 amide bonds. The summed E-state index contributed by atoms with van der Waals surface area (Å²) < 4.78 is 58.3. The van der Waals surface area contributed by atoms with Crippen molar-refractivity contribution in [2.24, 2.45) is 13.0 Å². The van der Waals surface area contributed by atoms with Crippen molar-refractivity contribution in [3.63, 3.8) is 0 Å². The number of rotatable bonds is 11. The zero-order valence-corrected chi connectivity index (χ0v) is 34.6. The van der Waals surface area contributed by atoms with Gasteiger partial charge in [0.05, 0.1) is 23.3 Å². The number of nitrogens with zero attached hydrogens (tertiary/aromatic N) is 3. The van der Waals surface area contributed by atoms with E-state index in [-0.39, 0.29) is 43.0 Å². The largest absolute Gasteiger partial charge is 0.462 e. The highest BCUT2D eigenvalue weighted by atomic mass is 79.9. The van der Waals surface area contributed by atoms with Crippen LogP contribution in [0, 0.1) is 5.92 Å². The summed E-state index contributed by atoms with van der Waals surface area (Å²) in [5.41, 5.74) is 4.34. The van der Waals surface area contributed by atoms with Gasteiger partial charge in [0.1, 0.15) is 12.2 Å². The SMILES string of the molecule is CC(Cc1cccc(C(F)(F)F)c1)NCCOC(=O)c1ccccc1.COC12CC(COC(=O)c3cncc(Br)c3)CN(C)C1Cc1cn(C)c3cccc2c13.Cl. The highest BCUT2D eigenvalue weighted by Crippen LogP contribution is 2.49. The Hall–Kier alpha value is -4.27. The Kier molecular flexibility index (Phi) is 14.6. The van der Waals surface area contributed by atoms with Crippen LogP contribution in [0.3, 0.4) is 0 Å². The highest BCUT2D eigenvalue weighted by molar-refractivity contribution is 9.10. The molecule has 1 aliphatic heterocycles. The van der Waals surface area contributed by atoms with E-state index in [0.717, 1.165) is 36.0 Å². The summed E-state index contributed by atoms with van der Waals surface area (Å²) in [6, 6.07) is 22.4. The number of pyridine rings is 1. The Bertz CT molecular complexity index is 2150. The number of aryl methyl sites for hydroxylation is 1. The lowest BCUT2D eigenvalue weighted by Crippen LogP contribution is -2.59. The highest BCUT2D eigenvalue weighted by Gasteiger charge is 2.52. The van der Waals surface area contributed by atoms with Gasteiger partial charge in [0.2, 0.25) is 0 Å². The van der Waals surface area contributed by atoms with E-state index >= 15 is 0 Å². The summed E-state index contributed by atoms with van der Waals surface area (Å²) in [6.07, 6.45) is 3.32. The summed E-state index contributed by atoms with van der Waals surface area (Å²) in [5, 5.41) is 4.45. The third-order valence-electron chi connectivity index (χ3n) is 10.6. The van der Waals surface area contributed by atoms with E-state index in [0.29, 0.717) is 36.3 Å². The fraction of sp³-hybridized carbons (Fsp3) is 0.372. The van der Waals surface area contributed by atoms with Crippen molar-refractivity contribution in [1.29, 1.82) is 0 Å². The normalized spacial score (nSPS) is 19.4. The van der Waals surface area contributed by atoms with Crippen LogP contribution >= 0.6 is 28.3 Å². The van der Waals surface area contributed by atoms with Gasteiger partial charge in [-0.3, -0.25) is 9.88 Å². The summed E-state index contributed by atoms with van der Waals surface area (Å²) in [6.45, 7) is 3.71. The number of methoxy groups -OCH3 is 1. The fourth-order valence-electron chi connectivity index (χ4n) is 8.03. The maximum atomic E-state index is 12.7. The Morgan fingerprint density at radius 3 is 2.44 bits per heavy atom. The molecule has 0 radical (unpaired) electrons. The monoisotopic (exact) mass is 870 g/mol. The van der Waals surface area contributed by atoms with Crippen molar-refractivity contribution >= 4 is 51.2 Å². The molecular weight excluding hydrogens is 825 g/mol. The molecule has 304 valence electrons. The number of fused-ring (bicyclic) bond motifs is 2. The maximum Gasteiger partial charge on any atom is 0.416 e. The number of carbonyl (C=O) groups is 2. The van der Waals surface area contributed by atoms with Crippen molar-refractivity contribution < 1.29 is 37.0 Å². The zero-order valence-electron chi connectivity index (χ0n) is 32.2. The van der Waals surface area contributed by atoms with E-state index in [1.165, 1.54) is 34.3 Å². The summed E-state index contributed by atoms with van der Waals surface area (Å²) in [4.78, 5) is 30.7. The standard InChI is InChI=1S/C24H26BrN3O3.C19H20F3NO2.ClH/c1-27-13-17-8-21-24(30-3,19-5-4-6-20(27)22(17)19)9-15(12-28(21)2)14-31-23(29)16-7-18(25)11-26-10-16;1-14(12-15-6-5-9-17(13-15)19(20,21)22)23-10-11-25-18(24)16-7-3-2-4-8-16;/h4-7,10-11,13,15,21H,8-9,12,14H2,1-3H3;2-9,13-14,23H,10-12H2,1H3;1H. The van der Waals surface area contributed by atoms with Gasteiger partial charge >= 0.3 is 18.1 Å². The van der Waals surface area contributed by atoms with Gasteiger partial charge in [-0.15, -0.1) is 12.4 Å². The lowest BCUT2D eigenvalue weighted by molar-refractivity contribution is -0.137. The number of piperidine rings is 1. The number of likely N-dealkylation sites (N-methyl/N-ethyl adjacent to an activating group) is 1. The van der Waals surface area contributed by atoms with Crippen molar-refractivity contribution in [3.8, 4) is 0 Å². The van der Waals surface area contributed by atoms with Crippen molar-refractivity contribution in [2.75, 3.05) is 40.5 Å². The van der Waals surface area contributed by atoms with Crippen molar-refractivity contribution in [2.45, 2.75) is 50.0 Å². The summed E-state index contributed by atoms with van der Waals surface area (Å²) in [7, 11) is 6.07. The predicted molar refractivity (Wildman–Crippen MR) is 219 cm³/mol. The number of alkyl halides is 3. The molecule has 2 aliphatic rings. The minimum absolute atomic E-state index is 0. The van der Waals surface area contributed by atoms with Crippen LogP contribution in [0.5, 0.6) is 0 Å². The zero-order chi connectivity index (χ0) is 40.0. The molecule has 7 rings (SSSR count). The van der Waals surface area contributed by atoms with Gasteiger partial charge in [0.15, 0.2) is 0 Å². The molecule has 1 saturated heterocycles. The molecule has 3 aromatic carbocycles. The second-order valence-corrected chi connectivity index (χ2v) is 15.5. The van der Waals surface area contributed by atoms with Crippen LogP contribution in [0.15, 0.2) is 102 Å². The molecule has 1 aliphatic carbocycles. The first-order valence-corrected chi connectivity index (χ1v) is 19.3. The van der Waals surface area contributed by atoms with Gasteiger partial charge in [-0.05, 0) is 96.2 Å². The second kappa shape index (κ2) is 19.0. The molecule has 1 fully saturated rings. The molecule has 1 N–H and O–H groups in total. The van der Waals surface area contributed by atoms with Crippen LogP contribution in [0.1, 0.15) is 56.3 Å². The van der Waals surface area contributed by atoms with Gasteiger partial charge < -0.3 is 24.1 Å². The number of halogens is 5. The minimum atomic E-state index is -4.34. The summed E-state index contributed by atoms with van der Waals surface area (Å²) >= 11 is 3.35. The molecule has 4 atom stereocenters. The third kappa shape index (κ3) is 10.2. The number of likely N-dealkylation sites (tertiary alicyclic amines) is 1. The number of hydrogen-bond acceptors (Lipinski definition) is 8. The van der Waals surface area contributed by atoms with Crippen molar-refractivity contribution in [3.05, 3.63) is 135 Å². The smallest absolute Gasteiger partial charge is 0.416 e. The number of hydrogen-bond donors (Lipinski definition) is 1. The molecule has 5 aromatic rings. The average molecular weight is 872 g/mol. The topological polar surface area (TPSA) is 94.9 Å². The molecule has 2 aromatic heterocycles. The van der Waals surface area contributed by atoms with Crippen LogP contribution < -0.4 is 5.32 Å². The molecule has 57 heavy (non-hydrogen) atoms. The molecule has 14 heteroatoms. The van der Waals surface area contributed by atoms with Crippen LogP contribution in [0.4, 0.5) is 13.2 Å². The van der Waals surface area contributed by atoms with E-state index in [2.05, 4.69) is 74.2 Å².